The summed E-state index contributed by atoms with van der Waals surface area (Å²) in [5.41, 5.74) is 0. The third-order valence-corrected chi connectivity index (χ3v) is 2.44. The molecule has 0 aliphatic carbocycles. The number of hydrogen-bond donors (Lipinski definition) is 1. The second-order valence-electron chi connectivity index (χ2n) is 3.56. The van der Waals surface area contributed by atoms with Crippen LogP contribution in [0.15, 0.2) is 0 Å². The number of nitrogens with one attached hydrogen (secondary N) is 1. The molecule has 13 heavy (non-hydrogen) atoms. The van der Waals surface area contributed by atoms with Crippen molar-refractivity contribution in [2.75, 3.05) is 32.7 Å². The molecule has 1 N–H and O–H groups in total. The number of hydrogen-bond acceptors (Lipinski definition) is 3. The summed E-state index contributed by atoms with van der Waals surface area (Å²) in [6.07, 6.45) is 4.60. The molecule has 0 amide bonds. The average molecular weight is 181 g/mol. The summed E-state index contributed by atoms with van der Waals surface area (Å²) in [4.78, 5) is 2.52. The Labute approximate surface area is 80.7 Å². The van der Waals surface area contributed by atoms with E-state index in [4.69, 9.17) is 5.26 Å². The van der Waals surface area contributed by atoms with Gasteiger partial charge < -0.3 is 10.2 Å². The van der Waals surface area contributed by atoms with Crippen molar-refractivity contribution in [3.05, 3.63) is 0 Å². The first kappa shape index (κ1) is 10.5. The van der Waals surface area contributed by atoms with Crippen LogP contribution in [0.3, 0.4) is 0 Å². The maximum atomic E-state index is 8.30. The summed E-state index contributed by atoms with van der Waals surface area (Å²) in [6, 6.07) is 2.13. The number of likely N-dealkylation sites (tertiary alicyclic amines) is 1. The van der Waals surface area contributed by atoms with Gasteiger partial charge in [0.05, 0.1) is 6.07 Å². The largest absolute Gasteiger partial charge is 0.316 e. The van der Waals surface area contributed by atoms with Crippen LogP contribution in [0.4, 0.5) is 0 Å². The molecule has 0 unspecified atom stereocenters. The highest BCUT2D eigenvalue weighted by atomic mass is 15.1. The molecule has 0 radical (unpaired) electrons. The van der Waals surface area contributed by atoms with Crippen molar-refractivity contribution < 1.29 is 0 Å². The monoisotopic (exact) mass is 181 g/mol. The van der Waals surface area contributed by atoms with Gasteiger partial charge in [0.25, 0.3) is 0 Å². The Bertz CT molecular complexity index is 156. The van der Waals surface area contributed by atoms with E-state index in [-0.39, 0.29) is 0 Å². The summed E-state index contributed by atoms with van der Waals surface area (Å²) >= 11 is 0. The smallest absolute Gasteiger partial charge is 0.0635 e. The van der Waals surface area contributed by atoms with Gasteiger partial charge in [-0.05, 0) is 45.4 Å². The lowest BCUT2D eigenvalue weighted by molar-refractivity contribution is 0.331. The second-order valence-corrected chi connectivity index (χ2v) is 3.56. The summed E-state index contributed by atoms with van der Waals surface area (Å²) in [5, 5.41) is 11.6. The molecule has 1 aliphatic rings. The van der Waals surface area contributed by atoms with Crippen LogP contribution in [0.5, 0.6) is 0 Å². The van der Waals surface area contributed by atoms with Crippen molar-refractivity contribution in [2.24, 2.45) is 0 Å². The fraction of sp³-hybridized carbons (Fsp3) is 0.900. The van der Waals surface area contributed by atoms with E-state index >= 15 is 0 Å². The highest BCUT2D eigenvalue weighted by Crippen LogP contribution is 2.06. The molecule has 3 nitrogen and oxygen atoms in total. The van der Waals surface area contributed by atoms with Gasteiger partial charge in [-0.1, -0.05) is 0 Å². The molecule has 1 heterocycles. The van der Waals surface area contributed by atoms with Crippen LogP contribution in [-0.2, 0) is 0 Å². The minimum absolute atomic E-state index is 0.629. The van der Waals surface area contributed by atoms with Gasteiger partial charge in [0.1, 0.15) is 0 Å². The van der Waals surface area contributed by atoms with Crippen molar-refractivity contribution in [1.29, 1.82) is 5.26 Å². The van der Waals surface area contributed by atoms with Gasteiger partial charge in [-0.15, -0.1) is 0 Å². The Hall–Kier alpha value is -0.590. The van der Waals surface area contributed by atoms with E-state index in [1.165, 1.54) is 38.9 Å². The average Bonchev–Trinajstić information content (AvgIpc) is 2.63. The molecule has 0 bridgehead atoms. The van der Waals surface area contributed by atoms with Crippen LogP contribution < -0.4 is 5.32 Å². The van der Waals surface area contributed by atoms with E-state index in [2.05, 4.69) is 16.3 Å². The summed E-state index contributed by atoms with van der Waals surface area (Å²) < 4.78 is 0. The minimum atomic E-state index is 0.629. The van der Waals surface area contributed by atoms with Crippen LogP contribution in [0, 0.1) is 11.3 Å². The van der Waals surface area contributed by atoms with Crippen molar-refractivity contribution in [2.45, 2.75) is 25.7 Å². The highest BCUT2D eigenvalue weighted by Gasteiger charge is 2.09. The van der Waals surface area contributed by atoms with Gasteiger partial charge in [0.15, 0.2) is 0 Å². The van der Waals surface area contributed by atoms with E-state index in [1.807, 2.05) is 0 Å². The minimum Gasteiger partial charge on any atom is -0.316 e. The van der Waals surface area contributed by atoms with E-state index in [0.29, 0.717) is 6.42 Å². The predicted octanol–water partition coefficient (Wildman–Crippen LogP) is 0.976. The van der Waals surface area contributed by atoms with Gasteiger partial charge in [0.2, 0.25) is 0 Å². The van der Waals surface area contributed by atoms with Crippen LogP contribution in [0.2, 0.25) is 0 Å². The van der Waals surface area contributed by atoms with Crippen molar-refractivity contribution in [3.63, 3.8) is 0 Å². The third kappa shape index (κ3) is 4.87. The summed E-state index contributed by atoms with van der Waals surface area (Å²) in [7, 11) is 0. The van der Waals surface area contributed by atoms with Gasteiger partial charge in [-0.2, -0.15) is 5.26 Å². The van der Waals surface area contributed by atoms with Gasteiger partial charge in [-0.3, -0.25) is 0 Å². The summed E-state index contributed by atoms with van der Waals surface area (Å²) in [5.74, 6) is 0. The molecule has 1 fully saturated rings. The zero-order valence-corrected chi connectivity index (χ0v) is 8.26. The van der Waals surface area contributed by atoms with Gasteiger partial charge >= 0.3 is 0 Å². The van der Waals surface area contributed by atoms with E-state index in [1.54, 1.807) is 0 Å². The zero-order valence-electron chi connectivity index (χ0n) is 8.26. The number of rotatable bonds is 6. The van der Waals surface area contributed by atoms with Crippen LogP contribution in [0.25, 0.3) is 0 Å². The topological polar surface area (TPSA) is 39.1 Å². The Balaban J connectivity index is 1.81. The van der Waals surface area contributed by atoms with Crippen molar-refractivity contribution >= 4 is 0 Å². The molecule has 0 aromatic rings. The zero-order chi connectivity index (χ0) is 9.36. The molecule has 1 saturated heterocycles. The Morgan fingerprint density at radius 2 is 2.00 bits per heavy atom. The lowest BCUT2D eigenvalue weighted by Gasteiger charge is -2.13. The maximum absolute atomic E-state index is 8.30. The molecule has 0 spiro atoms. The van der Waals surface area contributed by atoms with Crippen LogP contribution >= 0.6 is 0 Å². The fourth-order valence-electron chi connectivity index (χ4n) is 1.70. The maximum Gasteiger partial charge on any atom is 0.0635 e. The molecule has 74 valence electrons. The SMILES string of the molecule is N#CCCNCCCN1CCCC1. The predicted molar refractivity (Wildman–Crippen MR) is 53.4 cm³/mol. The molecular formula is C10H19N3. The van der Waals surface area contributed by atoms with Gasteiger partial charge in [-0.25, -0.2) is 0 Å². The van der Waals surface area contributed by atoms with E-state index < -0.39 is 0 Å². The first-order valence-electron chi connectivity index (χ1n) is 5.23. The normalized spacial score (nSPS) is 17.5. The molecular weight excluding hydrogens is 162 g/mol. The third-order valence-electron chi connectivity index (χ3n) is 2.44. The first-order chi connectivity index (χ1) is 6.43. The molecule has 1 aliphatic heterocycles. The first-order valence-corrected chi connectivity index (χ1v) is 5.23. The standard InChI is InChI=1S/C10H19N3/c11-5-3-6-12-7-4-10-13-8-1-2-9-13/h12H,1-4,6-10H2. The molecule has 3 heteroatoms. The second kappa shape index (κ2) is 6.88. The summed E-state index contributed by atoms with van der Waals surface area (Å²) in [6.45, 7) is 5.70. The lowest BCUT2D eigenvalue weighted by atomic mass is 10.3. The number of nitrogens with zero attached hydrogens (tertiary/aromatic N) is 2. The fourth-order valence-corrected chi connectivity index (χ4v) is 1.70. The molecule has 0 aromatic heterocycles. The molecule has 0 atom stereocenters. The van der Waals surface area contributed by atoms with Crippen molar-refractivity contribution in [3.8, 4) is 6.07 Å². The lowest BCUT2D eigenvalue weighted by Crippen LogP contribution is -2.25. The Kier molecular flexibility index (Phi) is 5.55. The quantitative estimate of drug-likeness (QED) is 0.621. The van der Waals surface area contributed by atoms with Crippen molar-refractivity contribution in [1.82, 2.24) is 10.2 Å². The van der Waals surface area contributed by atoms with Gasteiger partial charge in [0, 0.05) is 13.0 Å². The Morgan fingerprint density at radius 1 is 1.23 bits per heavy atom. The molecule has 0 aromatic carbocycles. The number of nitriles is 1. The van der Waals surface area contributed by atoms with Crippen LogP contribution in [-0.4, -0.2) is 37.6 Å². The Morgan fingerprint density at radius 3 is 2.69 bits per heavy atom. The molecule has 0 saturated carbocycles. The molecule has 1 rings (SSSR count). The van der Waals surface area contributed by atoms with Crippen LogP contribution in [0.1, 0.15) is 25.7 Å². The van der Waals surface area contributed by atoms with E-state index in [9.17, 15) is 0 Å². The highest BCUT2D eigenvalue weighted by molar-refractivity contribution is 4.70. The van der Waals surface area contributed by atoms with E-state index in [0.717, 1.165) is 13.1 Å².